The van der Waals surface area contributed by atoms with E-state index in [9.17, 15) is 5.41 Å². The van der Waals surface area contributed by atoms with Crippen molar-refractivity contribution >= 4 is 5.71 Å². The molecule has 68 valence electrons. The van der Waals surface area contributed by atoms with E-state index in [0.717, 1.165) is 11.1 Å². The number of hydrogen-bond donors (Lipinski definition) is 0. The molecule has 0 spiro atoms. The Labute approximate surface area is 132 Å². The maximum absolute atomic E-state index is 9.91. The van der Waals surface area contributed by atoms with Crippen LogP contribution >= 0.6 is 0 Å². The first-order valence-corrected chi connectivity index (χ1v) is 4.54. The Kier molecular flexibility index (Phi) is 5.43. The van der Waals surface area contributed by atoms with Crippen LogP contribution in [0.2, 0.25) is 0 Å². The minimum Gasteiger partial charge on any atom is -0.803 e. The van der Waals surface area contributed by atoms with E-state index in [1.54, 1.807) is 0 Å². The molecule has 0 aromatic heterocycles. The number of hydrogen-bond acceptors (Lipinski definition) is 0. The van der Waals surface area contributed by atoms with Crippen LogP contribution in [0, 0.1) is 0 Å². The van der Waals surface area contributed by atoms with E-state index in [-0.39, 0.29) is 51.4 Å². The van der Waals surface area contributed by atoms with Crippen LogP contribution in [-0.4, -0.2) is 5.71 Å². The van der Waals surface area contributed by atoms with E-state index in [0.29, 0.717) is 5.71 Å². The molecule has 0 atom stereocenters. The molecule has 0 aliphatic rings. The first-order chi connectivity index (χ1) is 6.88. The molecule has 0 bridgehead atoms. The molecule has 0 aliphatic carbocycles. The van der Waals surface area contributed by atoms with Gasteiger partial charge < -0.3 is 5.41 Å². The topological polar surface area (TPSA) is 22.3 Å². The van der Waals surface area contributed by atoms with Gasteiger partial charge in [-0.3, -0.25) is 0 Å². The summed E-state index contributed by atoms with van der Waals surface area (Å²) in [4.78, 5) is 0. The van der Waals surface area contributed by atoms with Gasteiger partial charge >= 0.3 is 51.4 Å². The van der Waals surface area contributed by atoms with E-state index < -0.39 is 0 Å². The van der Waals surface area contributed by atoms with Crippen molar-refractivity contribution in [2.24, 2.45) is 0 Å². The van der Waals surface area contributed by atoms with Crippen molar-refractivity contribution in [1.82, 2.24) is 0 Å². The maximum atomic E-state index is 9.91. The van der Waals surface area contributed by atoms with E-state index in [1.807, 2.05) is 60.7 Å². The molecule has 0 heterocycles. The smallest absolute Gasteiger partial charge is 0.803 e. The summed E-state index contributed by atoms with van der Waals surface area (Å²) in [5.41, 5.74) is 2.02. The predicted molar refractivity (Wildman–Crippen MR) is 59.5 cm³/mol. The first kappa shape index (κ1) is 12.8. The van der Waals surface area contributed by atoms with Gasteiger partial charge in [-0.2, -0.15) is 0 Å². The van der Waals surface area contributed by atoms with Crippen LogP contribution in [0.5, 0.6) is 0 Å². The number of benzene rings is 2. The van der Waals surface area contributed by atoms with Gasteiger partial charge in [-0.1, -0.05) is 60.7 Å². The molecule has 2 heteroatoms. The third-order valence-corrected chi connectivity index (χ3v) is 2.09. The van der Waals surface area contributed by atoms with E-state index >= 15 is 0 Å². The van der Waals surface area contributed by atoms with Crippen LogP contribution in [0.1, 0.15) is 11.1 Å². The fourth-order valence-corrected chi connectivity index (χ4v) is 1.36. The van der Waals surface area contributed by atoms with Gasteiger partial charge in [-0.25, -0.2) is 0 Å². The number of rotatable bonds is 2. The molecule has 2 rings (SSSR count). The quantitative estimate of drug-likeness (QED) is 0.505. The van der Waals surface area contributed by atoms with Gasteiger partial charge in [-0.15, -0.1) is 5.71 Å². The normalized spacial score (nSPS) is 9.07. The van der Waals surface area contributed by atoms with Crippen LogP contribution in [0.3, 0.4) is 0 Å². The molecule has 0 N–H and O–H groups in total. The van der Waals surface area contributed by atoms with Crippen molar-refractivity contribution in [3.05, 3.63) is 77.2 Å². The Morgan fingerprint density at radius 3 is 1.33 bits per heavy atom. The Balaban J connectivity index is 0.00000112. The third kappa shape index (κ3) is 3.36. The van der Waals surface area contributed by atoms with Crippen LogP contribution in [0.4, 0.5) is 0 Å². The second-order valence-corrected chi connectivity index (χ2v) is 3.08. The van der Waals surface area contributed by atoms with Crippen LogP contribution < -0.4 is 51.4 Å². The van der Waals surface area contributed by atoms with Crippen molar-refractivity contribution in [2.75, 3.05) is 0 Å². The van der Waals surface area contributed by atoms with Crippen molar-refractivity contribution in [3.8, 4) is 0 Å². The SMILES string of the molecule is [K+].[N-]=C(c1ccccc1)c1ccccc1. The summed E-state index contributed by atoms with van der Waals surface area (Å²) in [6.45, 7) is 0. The zero-order chi connectivity index (χ0) is 9.80. The summed E-state index contributed by atoms with van der Waals surface area (Å²) < 4.78 is 0. The second kappa shape index (κ2) is 6.36. The summed E-state index contributed by atoms with van der Waals surface area (Å²) in [6.07, 6.45) is 0. The Bertz CT molecular complexity index is 381. The van der Waals surface area contributed by atoms with Gasteiger partial charge in [0.25, 0.3) is 0 Å². The summed E-state index contributed by atoms with van der Waals surface area (Å²) in [7, 11) is 0. The third-order valence-electron chi connectivity index (χ3n) is 2.09. The standard InChI is InChI=1S/C13H10N.K/c14-13(11-7-3-1-4-8-11)12-9-5-2-6-10-12;/h1-10H;/q-1;+1. The van der Waals surface area contributed by atoms with Gasteiger partial charge in [0.1, 0.15) is 0 Å². The number of nitrogens with zero attached hydrogens (tertiary/aromatic N) is 1. The molecule has 15 heavy (non-hydrogen) atoms. The van der Waals surface area contributed by atoms with Gasteiger partial charge in [-0.05, 0) is 11.1 Å². The molecule has 0 aliphatic heterocycles. The summed E-state index contributed by atoms with van der Waals surface area (Å²) in [5.74, 6) is 0. The molecular weight excluding hydrogens is 209 g/mol. The fourth-order valence-electron chi connectivity index (χ4n) is 1.36. The minimum atomic E-state index is 0. The van der Waals surface area contributed by atoms with Gasteiger partial charge in [0.2, 0.25) is 0 Å². The minimum absolute atomic E-state index is 0. The Morgan fingerprint density at radius 2 is 1.00 bits per heavy atom. The molecule has 0 saturated carbocycles. The van der Waals surface area contributed by atoms with Crippen LogP contribution in [0.15, 0.2) is 60.7 Å². The van der Waals surface area contributed by atoms with E-state index in [1.165, 1.54) is 0 Å². The van der Waals surface area contributed by atoms with Crippen LogP contribution in [-0.2, 0) is 0 Å². The summed E-state index contributed by atoms with van der Waals surface area (Å²) in [5, 5.41) is 9.91. The van der Waals surface area contributed by atoms with E-state index in [4.69, 9.17) is 0 Å². The van der Waals surface area contributed by atoms with Crippen molar-refractivity contribution in [2.45, 2.75) is 0 Å². The average molecular weight is 219 g/mol. The Morgan fingerprint density at radius 1 is 0.667 bits per heavy atom. The average Bonchev–Trinajstić information content (AvgIpc) is 2.30. The predicted octanol–water partition coefficient (Wildman–Crippen LogP) is 0.0974. The molecule has 2 aromatic rings. The van der Waals surface area contributed by atoms with Crippen molar-refractivity contribution < 1.29 is 51.4 Å². The summed E-state index contributed by atoms with van der Waals surface area (Å²) >= 11 is 0. The molecule has 0 radical (unpaired) electrons. The first-order valence-electron chi connectivity index (χ1n) is 4.54. The van der Waals surface area contributed by atoms with Gasteiger partial charge in [0.05, 0.1) is 0 Å². The zero-order valence-electron chi connectivity index (χ0n) is 8.72. The Hall–Kier alpha value is -0.254. The summed E-state index contributed by atoms with van der Waals surface area (Å²) in [6, 6.07) is 19.1. The molecule has 0 amide bonds. The fraction of sp³-hybridized carbons (Fsp3) is 0. The zero-order valence-corrected chi connectivity index (χ0v) is 11.8. The molecule has 0 saturated heterocycles. The molecule has 2 aromatic carbocycles. The maximum Gasteiger partial charge on any atom is 1.00 e. The van der Waals surface area contributed by atoms with Crippen molar-refractivity contribution in [1.29, 1.82) is 0 Å². The largest absolute Gasteiger partial charge is 1.00 e. The molecule has 0 unspecified atom stereocenters. The van der Waals surface area contributed by atoms with Crippen LogP contribution in [0.25, 0.3) is 5.41 Å². The second-order valence-electron chi connectivity index (χ2n) is 3.08. The molecule has 1 nitrogen and oxygen atoms in total. The van der Waals surface area contributed by atoms with Gasteiger partial charge in [0.15, 0.2) is 0 Å². The molecular formula is C13H10KN. The monoisotopic (exact) mass is 219 g/mol. The van der Waals surface area contributed by atoms with Crippen molar-refractivity contribution in [3.63, 3.8) is 0 Å². The molecule has 0 fully saturated rings. The van der Waals surface area contributed by atoms with E-state index in [2.05, 4.69) is 0 Å². The van der Waals surface area contributed by atoms with Gasteiger partial charge in [0, 0.05) is 0 Å².